The van der Waals surface area contributed by atoms with Gasteiger partial charge in [-0.2, -0.15) is 0 Å². The van der Waals surface area contributed by atoms with Crippen LogP contribution in [0, 0.1) is 11.3 Å². The third kappa shape index (κ3) is 4.38. The van der Waals surface area contributed by atoms with Crippen LogP contribution in [0.1, 0.15) is 48.0 Å². The predicted octanol–water partition coefficient (Wildman–Crippen LogP) is 6.94. The van der Waals surface area contributed by atoms with E-state index in [1.807, 2.05) is 60.0 Å². The zero-order valence-corrected chi connectivity index (χ0v) is 18.0. The fourth-order valence-corrected chi connectivity index (χ4v) is 5.07. The first-order valence-electron chi connectivity index (χ1n) is 10.1. The van der Waals surface area contributed by atoms with E-state index in [4.69, 9.17) is 4.74 Å². The van der Waals surface area contributed by atoms with Crippen LogP contribution >= 0.6 is 11.3 Å². The molecule has 29 heavy (non-hydrogen) atoms. The Morgan fingerprint density at radius 3 is 2.55 bits per heavy atom. The van der Waals surface area contributed by atoms with E-state index in [2.05, 4.69) is 26.1 Å². The number of rotatable bonds is 4. The molecule has 1 unspecified atom stereocenters. The van der Waals surface area contributed by atoms with Crippen LogP contribution in [-0.4, -0.2) is 5.91 Å². The van der Waals surface area contributed by atoms with Gasteiger partial charge in [0.25, 0.3) is 5.91 Å². The first kappa shape index (κ1) is 19.7. The van der Waals surface area contributed by atoms with Crippen LogP contribution in [0.25, 0.3) is 0 Å². The number of hydrogen-bond donors (Lipinski definition) is 1. The highest BCUT2D eigenvalue weighted by atomic mass is 32.1. The number of carbonyl (C=O) groups is 1. The summed E-state index contributed by atoms with van der Waals surface area (Å²) in [6, 6.07) is 17.2. The Balaban J connectivity index is 1.53. The standard InChI is InChI=1S/C25H27NO2S/c1-25(2,3)17-13-14-19-20(16-29-23(19)15-17)24(27)26-21-11-7-8-12-22(21)28-18-9-5-4-6-10-18/h4-12,16-17H,13-15H2,1-3H3,(H,26,27). The maximum absolute atomic E-state index is 13.1. The zero-order chi connectivity index (χ0) is 20.4. The van der Waals surface area contributed by atoms with Crippen LogP contribution in [0.3, 0.4) is 0 Å². The van der Waals surface area contributed by atoms with Crippen LogP contribution in [0.5, 0.6) is 11.5 Å². The lowest BCUT2D eigenvalue weighted by Crippen LogP contribution is -2.27. The molecule has 3 nitrogen and oxygen atoms in total. The second-order valence-electron chi connectivity index (χ2n) is 8.72. The van der Waals surface area contributed by atoms with Gasteiger partial charge in [0, 0.05) is 10.3 Å². The van der Waals surface area contributed by atoms with E-state index in [1.165, 1.54) is 10.4 Å². The molecule has 1 aromatic heterocycles. The SMILES string of the molecule is CC(C)(C)C1CCc2c(C(=O)Nc3ccccc3Oc3ccccc3)csc2C1. The third-order valence-electron chi connectivity index (χ3n) is 5.73. The molecule has 1 aliphatic carbocycles. The van der Waals surface area contributed by atoms with Gasteiger partial charge >= 0.3 is 0 Å². The monoisotopic (exact) mass is 405 g/mol. The van der Waals surface area contributed by atoms with Gasteiger partial charge in [0.15, 0.2) is 5.75 Å². The minimum atomic E-state index is -0.0548. The van der Waals surface area contributed by atoms with E-state index in [9.17, 15) is 4.79 Å². The molecule has 3 aromatic rings. The van der Waals surface area contributed by atoms with Gasteiger partial charge in [0.05, 0.1) is 11.3 Å². The Hall–Kier alpha value is -2.59. The van der Waals surface area contributed by atoms with Crippen molar-refractivity contribution in [3.8, 4) is 11.5 Å². The van der Waals surface area contributed by atoms with Crippen molar-refractivity contribution in [2.45, 2.75) is 40.0 Å². The predicted molar refractivity (Wildman–Crippen MR) is 120 cm³/mol. The molecule has 0 aliphatic heterocycles. The first-order valence-corrected chi connectivity index (χ1v) is 11.0. The van der Waals surface area contributed by atoms with Gasteiger partial charge in [-0.15, -0.1) is 11.3 Å². The summed E-state index contributed by atoms with van der Waals surface area (Å²) in [6.45, 7) is 6.94. The summed E-state index contributed by atoms with van der Waals surface area (Å²) in [5.74, 6) is 2.00. The van der Waals surface area contributed by atoms with Crippen LogP contribution < -0.4 is 10.1 Å². The summed E-state index contributed by atoms with van der Waals surface area (Å²) in [5.41, 5.74) is 3.03. The number of para-hydroxylation sites is 3. The minimum absolute atomic E-state index is 0.0548. The third-order valence-corrected chi connectivity index (χ3v) is 6.78. The largest absolute Gasteiger partial charge is 0.455 e. The van der Waals surface area contributed by atoms with Crippen molar-refractivity contribution in [2.75, 3.05) is 5.32 Å². The van der Waals surface area contributed by atoms with Crippen molar-refractivity contribution in [1.82, 2.24) is 0 Å². The summed E-state index contributed by atoms with van der Waals surface area (Å²) in [7, 11) is 0. The van der Waals surface area contributed by atoms with E-state index < -0.39 is 0 Å². The van der Waals surface area contributed by atoms with Crippen molar-refractivity contribution in [3.05, 3.63) is 76.0 Å². The lowest BCUT2D eigenvalue weighted by atomic mass is 9.72. The number of thiophene rings is 1. The smallest absolute Gasteiger partial charge is 0.256 e. The highest BCUT2D eigenvalue weighted by Gasteiger charge is 2.31. The maximum Gasteiger partial charge on any atom is 0.256 e. The summed E-state index contributed by atoms with van der Waals surface area (Å²) in [6.07, 6.45) is 3.19. The van der Waals surface area contributed by atoms with Crippen molar-refractivity contribution in [2.24, 2.45) is 11.3 Å². The Morgan fingerprint density at radius 2 is 1.79 bits per heavy atom. The van der Waals surface area contributed by atoms with Crippen molar-refractivity contribution >= 4 is 22.9 Å². The van der Waals surface area contributed by atoms with Gasteiger partial charge in [-0.3, -0.25) is 4.79 Å². The number of benzene rings is 2. The quantitative estimate of drug-likeness (QED) is 0.510. The Bertz CT molecular complexity index is 1000. The van der Waals surface area contributed by atoms with Crippen molar-refractivity contribution < 1.29 is 9.53 Å². The molecule has 0 saturated heterocycles. The lowest BCUT2D eigenvalue weighted by molar-refractivity contribution is 0.102. The number of hydrogen-bond acceptors (Lipinski definition) is 3. The Kier molecular flexibility index (Phi) is 5.46. The molecule has 1 atom stereocenters. The van der Waals surface area contributed by atoms with E-state index >= 15 is 0 Å². The highest BCUT2D eigenvalue weighted by molar-refractivity contribution is 7.10. The highest BCUT2D eigenvalue weighted by Crippen LogP contribution is 2.41. The minimum Gasteiger partial charge on any atom is -0.455 e. The number of anilines is 1. The molecular weight excluding hydrogens is 378 g/mol. The molecular formula is C25H27NO2S. The van der Waals surface area contributed by atoms with Gasteiger partial charge in [0.2, 0.25) is 0 Å². The van der Waals surface area contributed by atoms with Gasteiger partial charge < -0.3 is 10.1 Å². The maximum atomic E-state index is 13.1. The van der Waals surface area contributed by atoms with Gasteiger partial charge in [-0.05, 0) is 60.4 Å². The van der Waals surface area contributed by atoms with E-state index in [-0.39, 0.29) is 5.91 Å². The molecule has 0 radical (unpaired) electrons. The normalized spacial score (nSPS) is 16.2. The number of nitrogens with one attached hydrogen (secondary N) is 1. The van der Waals surface area contributed by atoms with Crippen LogP contribution in [0.4, 0.5) is 5.69 Å². The van der Waals surface area contributed by atoms with Crippen LogP contribution in [0.2, 0.25) is 0 Å². The fraction of sp³-hybridized carbons (Fsp3) is 0.320. The average molecular weight is 406 g/mol. The molecule has 0 bridgehead atoms. The molecule has 2 aromatic carbocycles. The fourth-order valence-electron chi connectivity index (χ4n) is 3.91. The molecule has 0 saturated carbocycles. The Morgan fingerprint density at radius 1 is 1.07 bits per heavy atom. The molecule has 1 heterocycles. The zero-order valence-electron chi connectivity index (χ0n) is 17.2. The summed E-state index contributed by atoms with van der Waals surface area (Å²) in [5, 5.41) is 5.09. The van der Waals surface area contributed by atoms with E-state index in [0.29, 0.717) is 22.8 Å². The molecule has 0 spiro atoms. The molecule has 1 amide bonds. The number of ether oxygens (including phenoxy) is 1. The second-order valence-corrected chi connectivity index (χ2v) is 9.69. The molecule has 4 rings (SSSR count). The van der Waals surface area contributed by atoms with Crippen molar-refractivity contribution in [3.63, 3.8) is 0 Å². The molecule has 150 valence electrons. The van der Waals surface area contributed by atoms with Crippen LogP contribution in [0.15, 0.2) is 60.0 Å². The second kappa shape index (κ2) is 8.03. The number of fused-ring (bicyclic) bond motifs is 1. The van der Waals surface area contributed by atoms with Crippen molar-refractivity contribution in [1.29, 1.82) is 0 Å². The first-order chi connectivity index (χ1) is 13.9. The van der Waals surface area contributed by atoms with E-state index in [1.54, 1.807) is 11.3 Å². The van der Waals surface area contributed by atoms with Gasteiger partial charge in [-0.25, -0.2) is 0 Å². The Labute approximate surface area is 176 Å². The summed E-state index contributed by atoms with van der Waals surface area (Å²) in [4.78, 5) is 14.4. The lowest BCUT2D eigenvalue weighted by Gasteiger charge is -2.34. The molecule has 4 heteroatoms. The van der Waals surface area contributed by atoms with E-state index in [0.717, 1.165) is 30.6 Å². The number of amides is 1. The van der Waals surface area contributed by atoms with Crippen LogP contribution in [-0.2, 0) is 12.8 Å². The van der Waals surface area contributed by atoms with Gasteiger partial charge in [0.1, 0.15) is 5.75 Å². The molecule has 1 N–H and O–H groups in total. The molecule has 1 aliphatic rings. The summed E-state index contributed by atoms with van der Waals surface area (Å²) >= 11 is 1.73. The summed E-state index contributed by atoms with van der Waals surface area (Å²) < 4.78 is 5.98. The van der Waals surface area contributed by atoms with Gasteiger partial charge in [-0.1, -0.05) is 51.1 Å². The number of carbonyl (C=O) groups excluding carboxylic acids is 1. The topological polar surface area (TPSA) is 38.3 Å². The average Bonchev–Trinajstić information content (AvgIpc) is 3.13. The molecule has 0 fully saturated rings.